The highest BCUT2D eigenvalue weighted by molar-refractivity contribution is 7.81. The van der Waals surface area contributed by atoms with Crippen molar-refractivity contribution in [3.63, 3.8) is 0 Å². The van der Waals surface area contributed by atoms with Gasteiger partial charge < -0.3 is 35.0 Å². The SMILES string of the molecule is Cc1ccsc1-c1ccc(CNC(=O)[C@@H]2C[C@@H](O)CN2C(=O)[C@@H](NC(=O)CCOCCOc2ccc(-c3ccc(N4C(=S)N(c5ccc(C#N)c(C(F)(F)F)c5)C(=O)C4(C)C)cc3)cc2)C(C)(C)C)cc1. The van der Waals surface area contributed by atoms with Gasteiger partial charge in [0.25, 0.3) is 5.91 Å². The van der Waals surface area contributed by atoms with E-state index in [9.17, 15) is 42.7 Å². The summed E-state index contributed by atoms with van der Waals surface area (Å²) >= 11 is 7.34. The molecule has 2 aliphatic heterocycles. The number of nitrogens with one attached hydrogen (secondary N) is 2. The van der Waals surface area contributed by atoms with Crippen LogP contribution in [0, 0.1) is 23.7 Å². The largest absolute Gasteiger partial charge is 0.491 e. The minimum Gasteiger partial charge on any atom is -0.491 e. The van der Waals surface area contributed by atoms with Crippen LogP contribution in [0.25, 0.3) is 21.6 Å². The lowest BCUT2D eigenvalue weighted by molar-refractivity contribution is -0.144. The summed E-state index contributed by atoms with van der Waals surface area (Å²) in [6, 6.07) is 27.3. The fourth-order valence-electron chi connectivity index (χ4n) is 8.59. The molecule has 2 saturated heterocycles. The summed E-state index contributed by atoms with van der Waals surface area (Å²) in [7, 11) is 0. The van der Waals surface area contributed by atoms with E-state index in [1.54, 1.807) is 60.4 Å². The van der Waals surface area contributed by atoms with Crippen LogP contribution < -0.4 is 25.2 Å². The number of hydrogen-bond acceptors (Lipinski definition) is 10. The molecule has 18 heteroatoms. The fourth-order valence-corrected chi connectivity index (χ4v) is 10.1. The highest BCUT2D eigenvalue weighted by atomic mass is 32.1. The molecule has 7 rings (SSSR count). The Balaban J connectivity index is 0.860. The van der Waals surface area contributed by atoms with E-state index in [4.69, 9.17) is 21.7 Å². The Morgan fingerprint density at radius 3 is 2.15 bits per heavy atom. The number of aliphatic hydroxyl groups excluding tert-OH is 1. The summed E-state index contributed by atoms with van der Waals surface area (Å²) in [6.07, 6.45) is -5.64. The molecule has 2 aliphatic rings. The predicted molar refractivity (Wildman–Crippen MR) is 269 cm³/mol. The number of anilines is 2. The Hall–Kier alpha value is -6.65. The van der Waals surface area contributed by atoms with Gasteiger partial charge in [-0.2, -0.15) is 18.4 Å². The van der Waals surface area contributed by atoms with Crippen molar-refractivity contribution in [3.05, 3.63) is 125 Å². The lowest BCUT2D eigenvalue weighted by Gasteiger charge is -2.35. The monoisotopic (exact) mass is 1010 g/mol. The van der Waals surface area contributed by atoms with Crippen molar-refractivity contribution in [3.8, 4) is 33.4 Å². The van der Waals surface area contributed by atoms with Crippen LogP contribution in [0.5, 0.6) is 5.75 Å². The van der Waals surface area contributed by atoms with Gasteiger partial charge in [0, 0.05) is 36.5 Å². The van der Waals surface area contributed by atoms with Crippen molar-refractivity contribution < 1.29 is 46.9 Å². The molecule has 13 nitrogen and oxygen atoms in total. The number of thiocarbonyl (C=S) groups is 1. The first-order valence-electron chi connectivity index (χ1n) is 23.0. The van der Waals surface area contributed by atoms with Gasteiger partial charge in [-0.1, -0.05) is 69.3 Å². The first kappa shape index (κ1) is 52.2. The molecule has 372 valence electrons. The van der Waals surface area contributed by atoms with E-state index < -0.39 is 64.2 Å². The molecule has 0 spiro atoms. The second-order valence-electron chi connectivity index (χ2n) is 19.0. The number of carbonyl (C=O) groups is 4. The summed E-state index contributed by atoms with van der Waals surface area (Å²) in [5.41, 5.74) is 1.69. The average molecular weight is 1010 g/mol. The van der Waals surface area contributed by atoms with Gasteiger partial charge in [0.1, 0.15) is 30.0 Å². The van der Waals surface area contributed by atoms with E-state index in [1.165, 1.54) is 21.4 Å². The molecule has 0 bridgehead atoms. The van der Waals surface area contributed by atoms with Crippen LogP contribution in [0.1, 0.15) is 69.7 Å². The molecule has 0 saturated carbocycles. The summed E-state index contributed by atoms with van der Waals surface area (Å²) in [4.78, 5) is 59.5. The molecule has 0 aliphatic carbocycles. The topological polar surface area (TPSA) is 165 Å². The van der Waals surface area contributed by atoms with E-state index >= 15 is 0 Å². The zero-order valence-electron chi connectivity index (χ0n) is 40.1. The number of hydrogen-bond donors (Lipinski definition) is 3. The van der Waals surface area contributed by atoms with E-state index in [-0.39, 0.29) is 62.5 Å². The molecule has 3 heterocycles. The Kier molecular flexibility index (Phi) is 15.7. The van der Waals surface area contributed by atoms with Gasteiger partial charge in [-0.05, 0) is 120 Å². The Morgan fingerprint density at radius 2 is 1.55 bits per heavy atom. The molecule has 3 N–H and O–H groups in total. The smallest absolute Gasteiger partial charge is 0.417 e. The van der Waals surface area contributed by atoms with Gasteiger partial charge in [0.15, 0.2) is 5.11 Å². The second-order valence-corrected chi connectivity index (χ2v) is 20.3. The minimum absolute atomic E-state index is 0.00363. The van der Waals surface area contributed by atoms with E-state index in [0.29, 0.717) is 11.4 Å². The maximum absolute atomic E-state index is 14.0. The van der Waals surface area contributed by atoms with E-state index in [2.05, 4.69) is 23.6 Å². The number of nitriles is 1. The predicted octanol–water partition coefficient (Wildman–Crippen LogP) is 8.79. The third kappa shape index (κ3) is 11.8. The number of rotatable bonds is 16. The van der Waals surface area contributed by atoms with Gasteiger partial charge in [-0.3, -0.25) is 24.1 Å². The van der Waals surface area contributed by atoms with Crippen molar-refractivity contribution in [2.24, 2.45) is 5.41 Å². The number of likely N-dealkylation sites (tertiary alicyclic amines) is 1. The zero-order chi connectivity index (χ0) is 51.4. The first-order chi connectivity index (χ1) is 33.6. The Morgan fingerprint density at radius 1 is 0.915 bits per heavy atom. The maximum Gasteiger partial charge on any atom is 0.417 e. The number of alkyl halides is 3. The summed E-state index contributed by atoms with van der Waals surface area (Å²) < 4.78 is 52.8. The van der Waals surface area contributed by atoms with E-state index in [1.807, 2.05) is 74.7 Å². The van der Waals surface area contributed by atoms with Gasteiger partial charge in [-0.25, -0.2) is 0 Å². The van der Waals surface area contributed by atoms with Gasteiger partial charge in [0.05, 0.1) is 42.2 Å². The molecule has 4 amide bonds. The van der Waals surface area contributed by atoms with Crippen molar-refractivity contribution in [1.82, 2.24) is 15.5 Å². The molecule has 1 aromatic heterocycles. The second kappa shape index (κ2) is 21.4. The Labute approximate surface area is 420 Å². The normalized spacial score (nSPS) is 17.3. The molecule has 4 aromatic carbocycles. The maximum atomic E-state index is 14.0. The number of aryl methyl sites for hydroxylation is 1. The lowest BCUT2D eigenvalue weighted by atomic mass is 9.85. The highest BCUT2D eigenvalue weighted by Crippen LogP contribution is 2.40. The molecular weight excluding hydrogens is 954 g/mol. The third-order valence-corrected chi connectivity index (χ3v) is 13.9. The number of halogens is 3. The number of benzene rings is 4. The standard InChI is InChI=1S/C53H55F3N6O7S2/c1-32-22-26-71-45(32)36-9-7-33(8-10-36)30-58-47(65)43-28-40(63)31-60(43)48(66)46(51(2,3)4)59-44(64)21-23-68-24-25-69-41-19-14-35(15-20-41)34-11-16-38(17-12-34)62-50(70)61(49(67)52(62,5)6)39-18-13-37(29-57)42(27-39)53(54,55)56/h7-20,22,26-27,40,43,46,63H,21,23-25,28,30-31H2,1-6H3,(H,58,65)(H,59,64)/t40-,43+,46-/m1/s1. The number of carbonyl (C=O) groups excluding carboxylic acids is 4. The van der Waals surface area contributed by atoms with Gasteiger partial charge >= 0.3 is 6.18 Å². The van der Waals surface area contributed by atoms with Gasteiger partial charge in [-0.15, -0.1) is 11.3 Å². The molecule has 0 radical (unpaired) electrons. The van der Waals surface area contributed by atoms with Crippen LogP contribution in [0.4, 0.5) is 24.5 Å². The van der Waals surface area contributed by atoms with Crippen LogP contribution in [0.3, 0.4) is 0 Å². The third-order valence-electron chi connectivity index (χ3n) is 12.5. The van der Waals surface area contributed by atoms with Gasteiger partial charge in [0.2, 0.25) is 17.7 Å². The number of β-amino-alcohol motifs (C(OH)–C–C–N with tert-alkyl or cyclic N) is 1. The number of thiophene rings is 1. The number of ether oxygens (including phenoxy) is 2. The molecular formula is C53H55F3N6O7S2. The minimum atomic E-state index is -4.81. The van der Waals surface area contributed by atoms with Crippen molar-refractivity contribution in [2.75, 3.05) is 36.2 Å². The molecule has 5 aromatic rings. The first-order valence-corrected chi connectivity index (χ1v) is 24.3. The number of nitrogens with zero attached hydrogens (tertiary/aromatic N) is 4. The van der Waals surface area contributed by atoms with Crippen molar-refractivity contribution in [2.45, 2.75) is 90.8 Å². The Bertz CT molecular complexity index is 2820. The van der Waals surface area contributed by atoms with Crippen LogP contribution >= 0.6 is 23.6 Å². The summed E-state index contributed by atoms with van der Waals surface area (Å²) in [5, 5.41) is 27.6. The number of aliphatic hydroxyl groups is 1. The van der Waals surface area contributed by atoms with Crippen LogP contribution in [0.2, 0.25) is 0 Å². The lowest BCUT2D eigenvalue weighted by Crippen LogP contribution is -2.57. The van der Waals surface area contributed by atoms with Crippen LogP contribution in [-0.2, 0) is 36.6 Å². The van der Waals surface area contributed by atoms with E-state index in [0.717, 1.165) is 39.3 Å². The molecule has 71 heavy (non-hydrogen) atoms. The highest BCUT2D eigenvalue weighted by Gasteiger charge is 2.51. The zero-order valence-corrected chi connectivity index (χ0v) is 41.8. The summed E-state index contributed by atoms with van der Waals surface area (Å²) in [5.74, 6) is -1.18. The molecule has 3 atom stereocenters. The average Bonchev–Trinajstić information content (AvgIpc) is 4.00. The number of amides is 4. The van der Waals surface area contributed by atoms with Crippen molar-refractivity contribution >= 4 is 63.7 Å². The molecule has 2 fully saturated rings. The fraction of sp³-hybridized carbons (Fsp3) is 0.358. The quantitative estimate of drug-likeness (QED) is 0.0643. The van der Waals surface area contributed by atoms with Crippen LogP contribution in [0.15, 0.2) is 102 Å². The van der Waals surface area contributed by atoms with Crippen LogP contribution in [-0.4, -0.2) is 88.8 Å². The van der Waals surface area contributed by atoms with Crippen molar-refractivity contribution in [1.29, 1.82) is 5.26 Å². The molecule has 0 unspecified atom stereocenters. The summed E-state index contributed by atoms with van der Waals surface area (Å²) in [6.45, 7) is 11.5.